The Bertz CT molecular complexity index is 1210. The largest absolute Gasteiger partial charge is 0.497 e. The van der Waals surface area contributed by atoms with Crippen LogP contribution in [0.5, 0.6) is 11.5 Å². The van der Waals surface area contributed by atoms with Crippen LogP contribution in [0.15, 0.2) is 58.3 Å². The highest BCUT2D eigenvalue weighted by atomic mass is 32.2. The Morgan fingerprint density at radius 3 is 1.24 bits per heavy atom. The molecule has 0 heterocycles. The van der Waals surface area contributed by atoms with Crippen LogP contribution in [0, 0.1) is 0 Å². The van der Waals surface area contributed by atoms with Crippen LogP contribution in [0.3, 0.4) is 0 Å². The SMILES string of the molecule is COc1ccc(S(=O)(=O)NNC(=O)NC2CCC(NC(=O)NNS(=O)(=O)c3ccc(OC)cc3)CC2)cc1. The van der Waals surface area contributed by atoms with Crippen LogP contribution in [0.4, 0.5) is 9.59 Å². The summed E-state index contributed by atoms with van der Waals surface area (Å²) in [6.45, 7) is 0. The van der Waals surface area contributed by atoms with E-state index in [9.17, 15) is 26.4 Å². The summed E-state index contributed by atoms with van der Waals surface area (Å²) in [6, 6.07) is 9.39. The van der Waals surface area contributed by atoms with E-state index in [1.807, 2.05) is 9.66 Å². The molecule has 6 N–H and O–H groups in total. The minimum Gasteiger partial charge on any atom is -0.497 e. The molecule has 0 aromatic heterocycles. The Balaban J connectivity index is 1.37. The lowest BCUT2D eigenvalue weighted by atomic mass is 9.91. The number of hydrazine groups is 2. The molecule has 2 aromatic rings. The summed E-state index contributed by atoms with van der Waals surface area (Å²) in [5.74, 6) is 0.985. The fourth-order valence-electron chi connectivity index (χ4n) is 3.68. The number of benzene rings is 2. The van der Waals surface area contributed by atoms with Gasteiger partial charge in [-0.3, -0.25) is 10.9 Å². The molecule has 0 unspecified atom stereocenters. The fourth-order valence-corrected chi connectivity index (χ4v) is 5.36. The average molecular weight is 571 g/mol. The van der Waals surface area contributed by atoms with Gasteiger partial charge in [0.05, 0.1) is 24.0 Å². The van der Waals surface area contributed by atoms with Crippen molar-refractivity contribution in [2.45, 2.75) is 47.6 Å². The lowest BCUT2D eigenvalue weighted by Crippen LogP contribution is -2.53. The zero-order chi connectivity index (χ0) is 27.8. The van der Waals surface area contributed by atoms with Gasteiger partial charge in [-0.1, -0.05) is 0 Å². The number of nitrogens with one attached hydrogen (secondary N) is 6. The van der Waals surface area contributed by atoms with Gasteiger partial charge in [-0.2, -0.15) is 0 Å². The van der Waals surface area contributed by atoms with E-state index in [0.29, 0.717) is 37.2 Å². The van der Waals surface area contributed by atoms with Crippen molar-refractivity contribution in [3.8, 4) is 11.5 Å². The molecule has 0 radical (unpaired) electrons. The number of carbonyl (C=O) groups excluding carboxylic acids is 2. The molecule has 1 saturated carbocycles. The Kier molecular flexibility index (Phi) is 9.73. The van der Waals surface area contributed by atoms with Crippen LogP contribution < -0.4 is 40.6 Å². The number of sulfonamides is 2. The standard InChI is InChI=1S/C22H30N6O8S2/c1-35-17-7-11-19(12-8-17)37(31,32)27-25-21(29)23-15-3-5-16(6-4-15)24-22(30)26-28-38(33,34)20-13-9-18(36-2)10-14-20/h7-16,27-28H,3-6H2,1-2H3,(H2,23,25,29)(H2,24,26,30). The van der Waals surface area contributed by atoms with Crippen LogP contribution in [-0.4, -0.2) is 55.2 Å². The molecular formula is C22H30N6O8S2. The predicted octanol–water partition coefficient (Wildman–Crippen LogP) is 0.700. The third-order valence-electron chi connectivity index (χ3n) is 5.73. The molecule has 16 heteroatoms. The van der Waals surface area contributed by atoms with Crippen LogP contribution in [0.2, 0.25) is 0 Å². The van der Waals surface area contributed by atoms with Gasteiger partial charge in [-0.25, -0.2) is 26.4 Å². The van der Waals surface area contributed by atoms with Crippen molar-refractivity contribution in [3.63, 3.8) is 0 Å². The molecule has 0 aliphatic heterocycles. The van der Waals surface area contributed by atoms with Crippen molar-refractivity contribution < 1.29 is 35.9 Å². The summed E-state index contributed by atoms with van der Waals surface area (Å²) < 4.78 is 59.2. The monoisotopic (exact) mass is 570 g/mol. The highest BCUT2D eigenvalue weighted by Crippen LogP contribution is 2.19. The predicted molar refractivity (Wildman–Crippen MR) is 136 cm³/mol. The van der Waals surface area contributed by atoms with Crippen LogP contribution in [0.1, 0.15) is 25.7 Å². The van der Waals surface area contributed by atoms with E-state index in [2.05, 4.69) is 21.5 Å². The minimum absolute atomic E-state index is 0.0465. The number of ether oxygens (including phenoxy) is 2. The second-order valence-corrected chi connectivity index (χ2v) is 11.7. The van der Waals surface area contributed by atoms with Crippen molar-refractivity contribution >= 4 is 32.1 Å². The molecule has 2 aromatic carbocycles. The lowest BCUT2D eigenvalue weighted by Gasteiger charge is -2.29. The van der Waals surface area contributed by atoms with E-state index in [1.54, 1.807) is 0 Å². The molecule has 1 fully saturated rings. The Morgan fingerprint density at radius 1 is 0.632 bits per heavy atom. The maximum Gasteiger partial charge on any atom is 0.330 e. The first-order valence-corrected chi connectivity index (χ1v) is 14.4. The first-order valence-electron chi connectivity index (χ1n) is 11.5. The van der Waals surface area contributed by atoms with Crippen molar-refractivity contribution in [2.75, 3.05) is 14.2 Å². The number of carbonyl (C=O) groups is 2. The van der Waals surface area contributed by atoms with Gasteiger partial charge in [-0.15, -0.1) is 9.66 Å². The molecule has 1 aliphatic rings. The van der Waals surface area contributed by atoms with Crippen molar-refractivity contribution in [3.05, 3.63) is 48.5 Å². The second kappa shape index (κ2) is 12.8. The molecule has 1 aliphatic carbocycles. The molecule has 0 bridgehead atoms. The van der Waals surface area contributed by atoms with Gasteiger partial charge in [0.15, 0.2) is 0 Å². The van der Waals surface area contributed by atoms with E-state index >= 15 is 0 Å². The van der Waals surface area contributed by atoms with Gasteiger partial charge in [0.2, 0.25) is 0 Å². The molecule has 0 atom stereocenters. The maximum absolute atomic E-state index is 12.3. The summed E-state index contributed by atoms with van der Waals surface area (Å²) in [5.41, 5.74) is 4.24. The van der Waals surface area contributed by atoms with Gasteiger partial charge < -0.3 is 20.1 Å². The van der Waals surface area contributed by atoms with Gasteiger partial charge in [0.1, 0.15) is 11.5 Å². The summed E-state index contributed by atoms with van der Waals surface area (Å²) in [7, 11) is -5.01. The summed E-state index contributed by atoms with van der Waals surface area (Å²) in [4.78, 5) is 28.3. The number of hydrogen-bond donors (Lipinski definition) is 6. The smallest absolute Gasteiger partial charge is 0.330 e. The Hall–Kier alpha value is -3.60. The molecule has 4 amide bonds. The zero-order valence-electron chi connectivity index (χ0n) is 20.7. The first kappa shape index (κ1) is 29.0. The molecule has 3 rings (SSSR count). The van der Waals surface area contributed by atoms with E-state index < -0.39 is 32.1 Å². The third kappa shape index (κ3) is 8.20. The van der Waals surface area contributed by atoms with E-state index in [0.717, 1.165) is 0 Å². The topological polar surface area (TPSA) is 193 Å². The minimum atomic E-state index is -3.97. The number of amides is 4. The number of hydrogen-bond acceptors (Lipinski definition) is 8. The molecular weight excluding hydrogens is 540 g/mol. The molecule has 14 nitrogen and oxygen atoms in total. The van der Waals surface area contributed by atoms with Gasteiger partial charge in [0.25, 0.3) is 20.0 Å². The summed E-state index contributed by atoms with van der Waals surface area (Å²) in [6.07, 6.45) is 2.06. The zero-order valence-corrected chi connectivity index (χ0v) is 22.3. The highest BCUT2D eigenvalue weighted by molar-refractivity contribution is 7.89. The molecule has 38 heavy (non-hydrogen) atoms. The second-order valence-electron chi connectivity index (χ2n) is 8.31. The highest BCUT2D eigenvalue weighted by Gasteiger charge is 2.25. The number of rotatable bonds is 10. The number of methoxy groups -OCH3 is 2. The fraction of sp³-hybridized carbons (Fsp3) is 0.364. The normalized spacial score (nSPS) is 17.6. The Labute approximate surface area is 220 Å². The van der Waals surface area contributed by atoms with E-state index in [4.69, 9.17) is 9.47 Å². The molecule has 0 saturated heterocycles. The molecule has 208 valence electrons. The van der Waals surface area contributed by atoms with Crippen LogP contribution in [0.25, 0.3) is 0 Å². The average Bonchev–Trinajstić information content (AvgIpc) is 2.92. The third-order valence-corrected chi connectivity index (χ3v) is 8.26. The summed E-state index contributed by atoms with van der Waals surface area (Å²) >= 11 is 0. The lowest BCUT2D eigenvalue weighted by molar-refractivity contribution is 0.220. The van der Waals surface area contributed by atoms with Gasteiger partial charge >= 0.3 is 12.1 Å². The van der Waals surface area contributed by atoms with Crippen LogP contribution >= 0.6 is 0 Å². The maximum atomic E-state index is 12.3. The quantitative estimate of drug-likeness (QED) is 0.225. The van der Waals surface area contributed by atoms with Crippen molar-refractivity contribution in [2.24, 2.45) is 0 Å². The Morgan fingerprint density at radius 2 is 0.947 bits per heavy atom. The molecule has 0 spiro atoms. The van der Waals surface area contributed by atoms with Gasteiger partial charge in [0, 0.05) is 12.1 Å². The summed E-state index contributed by atoms with van der Waals surface area (Å²) in [5, 5.41) is 5.36. The van der Waals surface area contributed by atoms with Crippen molar-refractivity contribution in [1.82, 2.24) is 31.1 Å². The van der Waals surface area contributed by atoms with Crippen LogP contribution in [-0.2, 0) is 20.0 Å². The van der Waals surface area contributed by atoms with E-state index in [-0.39, 0.29) is 21.9 Å². The van der Waals surface area contributed by atoms with Gasteiger partial charge in [-0.05, 0) is 74.2 Å². The first-order chi connectivity index (χ1) is 18.0. The van der Waals surface area contributed by atoms with Crippen molar-refractivity contribution in [1.29, 1.82) is 0 Å². The van der Waals surface area contributed by atoms with E-state index in [1.165, 1.54) is 62.8 Å². The number of urea groups is 2.